The fraction of sp³-hybridized carbons (Fsp3) is 0.175. The Morgan fingerprint density at radius 3 is 1.27 bits per heavy atom. The predicted molar refractivity (Wildman–Crippen MR) is 359 cm³/mol. The third kappa shape index (κ3) is 8.80. The van der Waals surface area contributed by atoms with Gasteiger partial charge in [-0.15, -0.1) is 0 Å². The minimum Gasteiger partial charge on any atom is -0.365 e. The Bertz CT molecular complexity index is 4110. The van der Waals surface area contributed by atoms with E-state index in [4.69, 9.17) is 0 Å². The van der Waals surface area contributed by atoms with Crippen molar-refractivity contribution in [3.05, 3.63) is 266 Å². The zero-order valence-corrected chi connectivity index (χ0v) is 48.9. The normalized spacial score (nSPS) is 17.6. The Morgan fingerprint density at radius 2 is 0.810 bits per heavy atom. The van der Waals surface area contributed by atoms with E-state index in [1.807, 2.05) is 0 Å². The first kappa shape index (κ1) is 51.7. The van der Waals surface area contributed by atoms with Gasteiger partial charge in [0, 0.05) is 62.8 Å². The van der Waals surface area contributed by atoms with Gasteiger partial charge >= 0.3 is 0 Å². The molecule has 2 bridgehead atoms. The van der Waals surface area contributed by atoms with Crippen molar-refractivity contribution in [3.63, 3.8) is 0 Å². The molecule has 4 unspecified atom stereocenters. The molecule has 4 atom stereocenters. The molecular weight excluding hydrogens is 1010 g/mol. The third-order valence-corrected chi connectivity index (χ3v) is 19.1. The number of nitrogens with zero attached hydrogens (tertiary/aromatic N) is 3. The second-order valence-electron chi connectivity index (χ2n) is 25.2. The molecule has 11 aromatic carbocycles. The lowest BCUT2D eigenvalue weighted by molar-refractivity contribution is 0.302. The highest BCUT2D eigenvalue weighted by Crippen LogP contribution is 2.55. The van der Waals surface area contributed by atoms with Gasteiger partial charge in [-0.2, -0.15) is 0 Å². The zero-order valence-electron chi connectivity index (χ0n) is 48.9. The van der Waals surface area contributed by atoms with Crippen molar-refractivity contribution < 1.29 is 0 Å². The summed E-state index contributed by atoms with van der Waals surface area (Å²) in [5, 5.41) is 0. The highest BCUT2D eigenvalue weighted by atomic mass is 15.2. The van der Waals surface area contributed by atoms with Gasteiger partial charge in [-0.3, -0.25) is 0 Å². The molecule has 4 heteroatoms. The molecule has 0 spiro atoms. The second-order valence-corrected chi connectivity index (χ2v) is 25.2. The number of anilines is 7. The zero-order chi connectivity index (χ0) is 56.6. The van der Waals surface area contributed by atoms with Gasteiger partial charge in [0.15, 0.2) is 0 Å². The molecule has 11 aromatic rings. The highest BCUT2D eigenvalue weighted by molar-refractivity contribution is 7.00. The number of rotatable bonds is 10. The van der Waals surface area contributed by atoms with Crippen LogP contribution in [0.1, 0.15) is 65.9 Å². The number of hydrogen-bond donors (Lipinski definition) is 0. The summed E-state index contributed by atoms with van der Waals surface area (Å²) >= 11 is 0. The highest BCUT2D eigenvalue weighted by Gasteiger charge is 2.48. The van der Waals surface area contributed by atoms with E-state index in [2.05, 4.69) is 310 Å². The molecule has 0 aromatic heterocycles. The summed E-state index contributed by atoms with van der Waals surface area (Å²) in [6.45, 7) is 11.7. The van der Waals surface area contributed by atoms with Crippen molar-refractivity contribution >= 4 is 62.9 Å². The summed E-state index contributed by atoms with van der Waals surface area (Å²) in [6, 6.07) is 99.9. The minimum absolute atomic E-state index is 0.00452. The minimum atomic E-state index is -0.114. The van der Waals surface area contributed by atoms with Crippen molar-refractivity contribution in [1.82, 2.24) is 0 Å². The summed E-state index contributed by atoms with van der Waals surface area (Å²) < 4.78 is 0. The maximum atomic E-state index is 2.89. The molecule has 0 N–H and O–H groups in total. The average molecular weight is 1080 g/mol. The molecule has 3 aliphatic heterocycles. The Kier molecular flexibility index (Phi) is 12.9. The lowest BCUT2D eigenvalue weighted by Gasteiger charge is -2.46. The van der Waals surface area contributed by atoms with Crippen molar-refractivity contribution in [2.75, 3.05) is 14.7 Å². The monoisotopic (exact) mass is 1080 g/mol. The van der Waals surface area contributed by atoms with Crippen molar-refractivity contribution in [2.45, 2.75) is 77.8 Å². The van der Waals surface area contributed by atoms with Gasteiger partial charge in [0.25, 0.3) is 6.71 Å². The van der Waals surface area contributed by atoms with Crippen molar-refractivity contribution in [2.24, 2.45) is 11.8 Å². The van der Waals surface area contributed by atoms with Crippen molar-refractivity contribution in [3.8, 4) is 66.8 Å². The average Bonchev–Trinajstić information content (AvgIpc) is 1.03. The molecule has 84 heavy (non-hydrogen) atoms. The Labute approximate surface area is 497 Å². The number of para-hydroxylation sites is 2. The molecule has 2 fully saturated rings. The van der Waals surface area contributed by atoms with Crippen LogP contribution in [0, 0.1) is 11.8 Å². The Morgan fingerprint density at radius 1 is 0.393 bits per heavy atom. The third-order valence-electron chi connectivity index (χ3n) is 19.1. The van der Waals surface area contributed by atoms with Crippen LogP contribution in [0.5, 0.6) is 0 Å². The molecule has 1 aliphatic carbocycles. The first-order chi connectivity index (χ1) is 41.2. The molecule has 0 amide bonds. The molecular formula is C80H70BN3. The molecule has 15 rings (SSSR count). The van der Waals surface area contributed by atoms with Crippen LogP contribution >= 0.6 is 0 Å². The predicted octanol–water partition coefficient (Wildman–Crippen LogP) is 19.5. The second kappa shape index (κ2) is 20.9. The van der Waals surface area contributed by atoms with Crippen LogP contribution in [0.2, 0.25) is 0 Å². The smallest absolute Gasteiger partial charge is 0.252 e. The van der Waals surface area contributed by atoms with Gasteiger partial charge in [0.2, 0.25) is 0 Å². The first-order valence-electron chi connectivity index (χ1n) is 30.7. The van der Waals surface area contributed by atoms with Gasteiger partial charge in [-0.1, -0.05) is 265 Å². The van der Waals surface area contributed by atoms with E-state index in [0.717, 1.165) is 12.1 Å². The van der Waals surface area contributed by atoms with E-state index in [9.17, 15) is 0 Å². The van der Waals surface area contributed by atoms with E-state index >= 15 is 0 Å². The van der Waals surface area contributed by atoms with Crippen LogP contribution in [0.25, 0.3) is 66.8 Å². The van der Waals surface area contributed by atoms with Gasteiger partial charge < -0.3 is 14.7 Å². The van der Waals surface area contributed by atoms with E-state index in [1.54, 1.807) is 0 Å². The fourth-order valence-electron chi connectivity index (χ4n) is 15.3. The first-order valence-corrected chi connectivity index (χ1v) is 30.7. The maximum absolute atomic E-state index is 2.89. The summed E-state index contributed by atoms with van der Waals surface area (Å²) in [5.74, 6) is 1.41. The van der Waals surface area contributed by atoms with Gasteiger partial charge in [-0.05, 0) is 140 Å². The summed E-state index contributed by atoms with van der Waals surface area (Å²) in [6.07, 6.45) is 4.95. The van der Waals surface area contributed by atoms with Gasteiger partial charge in [0.1, 0.15) is 0 Å². The molecule has 1 saturated carbocycles. The van der Waals surface area contributed by atoms with E-state index in [-0.39, 0.29) is 12.1 Å². The van der Waals surface area contributed by atoms with Crippen LogP contribution in [0.15, 0.2) is 261 Å². The van der Waals surface area contributed by atoms with Gasteiger partial charge in [-0.25, -0.2) is 0 Å². The number of hydrogen-bond acceptors (Lipinski definition) is 3. The fourth-order valence-corrected chi connectivity index (χ4v) is 15.3. The van der Waals surface area contributed by atoms with E-state index in [0.29, 0.717) is 23.9 Å². The largest absolute Gasteiger partial charge is 0.365 e. The lowest BCUT2D eigenvalue weighted by atomic mass is 9.33. The van der Waals surface area contributed by atoms with E-state index in [1.165, 1.54) is 142 Å². The Hall–Kier alpha value is -9.12. The Balaban J connectivity index is 1.11. The molecule has 3 nitrogen and oxygen atoms in total. The summed E-state index contributed by atoms with van der Waals surface area (Å²) in [5.41, 5.74) is 27.9. The quantitative estimate of drug-likeness (QED) is 0.126. The molecule has 1 saturated heterocycles. The maximum Gasteiger partial charge on any atom is 0.252 e. The molecule has 408 valence electrons. The number of fused-ring (bicyclic) bond motifs is 6. The van der Waals surface area contributed by atoms with Crippen molar-refractivity contribution in [1.29, 1.82) is 0 Å². The van der Waals surface area contributed by atoms with Crippen LogP contribution in [-0.4, -0.2) is 18.8 Å². The van der Waals surface area contributed by atoms with Crippen LogP contribution < -0.4 is 31.1 Å². The SMILES string of the molecule is CCC1C2CC(C)CC(C2)N1c1ccc2c(c1)N(c1c(-c3ccccc3)cccc1-c1ccccc1)c1cc(-c3ccc(C(C)(C)C)cc3)cc3c1B2c1ccc(-c2ccccc2)cc1N3c1c(-c2ccccc2)cccc1-c1ccccc1. The molecule has 3 heterocycles. The number of benzene rings is 11. The van der Waals surface area contributed by atoms with E-state index < -0.39 is 0 Å². The lowest BCUT2D eigenvalue weighted by Crippen LogP contribution is -2.61. The standard InChI is InChI=1S/C80H70BN3/c1-6-72-62-46-53(2)47-65(48-62)82(72)64-43-45-71-74(52-64)84(79-68(58-30-18-10-19-31-58)36-23-37-69(79)59-32-20-11-21-33-59)76-51-61(55-38-41-63(42-39-55)80(3,4)5)50-75-77(76)81(71)70-44-40-60(54-24-12-7-13-25-54)49-73(70)83(75)78-66(56-26-14-8-15-27-56)34-22-35-67(78)57-28-16-9-17-29-57/h7-45,49-53,62,65,72H,6,46-48H2,1-5H3. The summed E-state index contributed by atoms with van der Waals surface area (Å²) in [7, 11) is 0. The molecule has 0 radical (unpaired) electrons. The topological polar surface area (TPSA) is 9.72 Å². The van der Waals surface area contributed by atoms with Crippen LogP contribution in [-0.2, 0) is 5.41 Å². The van der Waals surface area contributed by atoms with Crippen LogP contribution in [0.4, 0.5) is 39.8 Å². The van der Waals surface area contributed by atoms with Crippen LogP contribution in [0.3, 0.4) is 0 Å². The van der Waals surface area contributed by atoms with Gasteiger partial charge in [0.05, 0.1) is 11.4 Å². The summed E-state index contributed by atoms with van der Waals surface area (Å²) in [4.78, 5) is 8.31. The molecule has 4 aliphatic rings.